The number of hydrogen-bond acceptors (Lipinski definition) is 11. The van der Waals surface area contributed by atoms with Crippen molar-refractivity contribution >= 4 is 35.6 Å². The first-order valence-electron chi connectivity index (χ1n) is 18.8. The molecule has 7 atom stereocenters. The molecule has 0 aromatic heterocycles. The molecule has 294 valence electrons. The van der Waals surface area contributed by atoms with Crippen molar-refractivity contribution in [3.8, 4) is 11.5 Å². The molecule has 6 rings (SSSR count). The quantitative estimate of drug-likeness (QED) is 0.120. The number of likely N-dealkylation sites (tertiary alicyclic amines) is 2. The van der Waals surface area contributed by atoms with Gasteiger partial charge in [-0.1, -0.05) is 12.5 Å². The zero-order valence-corrected chi connectivity index (χ0v) is 30.8. The van der Waals surface area contributed by atoms with Gasteiger partial charge in [-0.15, -0.1) is 0 Å². The van der Waals surface area contributed by atoms with Gasteiger partial charge in [-0.3, -0.25) is 24.0 Å². The molecule has 6 N–H and O–H groups in total. The average molecular weight is 754 g/mol. The van der Waals surface area contributed by atoms with Crippen LogP contribution >= 0.6 is 0 Å². The highest BCUT2D eigenvalue weighted by Gasteiger charge is 2.65. The number of likely N-dealkylation sites (N-methyl/N-ethyl adjacent to an activating group) is 1. The summed E-state index contributed by atoms with van der Waals surface area (Å²) in [7, 11) is 3.77. The fraction of sp³-hybridized carbons (Fsp3) is 0.632. The highest BCUT2D eigenvalue weighted by Crippen LogP contribution is 2.63. The van der Waals surface area contributed by atoms with E-state index in [1.807, 2.05) is 12.1 Å². The van der Waals surface area contributed by atoms with Crippen LogP contribution in [0.25, 0.3) is 0 Å². The Bertz CT molecular complexity index is 1700. The van der Waals surface area contributed by atoms with Gasteiger partial charge in [-0.05, 0) is 88.7 Å². The number of piperidine rings is 2. The minimum Gasteiger partial charge on any atom is -0.493 e. The van der Waals surface area contributed by atoms with Gasteiger partial charge in [0.25, 0.3) is 0 Å². The van der Waals surface area contributed by atoms with Crippen LogP contribution in [0.3, 0.4) is 0 Å². The van der Waals surface area contributed by atoms with Crippen LogP contribution in [0.2, 0.25) is 0 Å². The fourth-order valence-corrected chi connectivity index (χ4v) is 9.40. The van der Waals surface area contributed by atoms with E-state index in [9.17, 15) is 33.9 Å². The summed E-state index contributed by atoms with van der Waals surface area (Å²) in [6.07, 6.45) is 3.99. The molecule has 16 heteroatoms. The molecule has 3 amide bonds. The summed E-state index contributed by atoms with van der Waals surface area (Å²) in [6, 6.07) is 3.64. The second-order valence-electron chi connectivity index (χ2n) is 15.2. The zero-order valence-electron chi connectivity index (χ0n) is 30.8. The van der Waals surface area contributed by atoms with Gasteiger partial charge < -0.3 is 50.6 Å². The van der Waals surface area contributed by atoms with E-state index in [1.54, 1.807) is 7.11 Å². The summed E-state index contributed by atoms with van der Waals surface area (Å²) >= 11 is 0. The summed E-state index contributed by atoms with van der Waals surface area (Å²) in [5.74, 6) is -3.56. The van der Waals surface area contributed by atoms with Crippen molar-refractivity contribution in [2.45, 2.75) is 87.8 Å². The van der Waals surface area contributed by atoms with Gasteiger partial charge in [0.1, 0.15) is 12.2 Å². The molecular weight excluding hydrogens is 702 g/mol. The number of amides is 3. The number of allylic oxidation sites excluding steroid dienone is 1. The smallest absolute Gasteiger partial charge is 0.415 e. The standard InChI is InChI=1S/C38H51N5O11/c1-42-14-11-38-26-7-9-29(34(38)54-33-28(52-2)8-6-21(32(33)38)17-27(26)42)53-37(51)43-13-10-23(36(49)50)15-24(43)19-41-35(48)22(5-3-4-12-39)16-25(44)20-40-30(45)18-31(46)47/h6,8-9,22-24,26-27,34H,3-5,7,10-20,39H2,1-2H3,(H,40,45)(H,41,48)(H,46,47)(H,49,50)/t22-,23?,24?,26?,27-,34-,38+/m1/s1. The number of rotatable bonds is 16. The lowest BCUT2D eigenvalue weighted by Gasteiger charge is -2.56. The zero-order chi connectivity index (χ0) is 38.7. The minimum absolute atomic E-state index is 0.0698. The third kappa shape index (κ3) is 7.63. The van der Waals surface area contributed by atoms with E-state index in [1.165, 1.54) is 10.5 Å². The Morgan fingerprint density at radius 2 is 1.91 bits per heavy atom. The molecule has 2 bridgehead atoms. The number of nitrogens with zero attached hydrogens (tertiary/aromatic N) is 2. The van der Waals surface area contributed by atoms with E-state index in [0.717, 1.165) is 24.9 Å². The highest BCUT2D eigenvalue weighted by molar-refractivity contribution is 5.96. The van der Waals surface area contributed by atoms with E-state index < -0.39 is 78.0 Å². The number of methoxy groups -OCH3 is 1. The Balaban J connectivity index is 1.16. The summed E-state index contributed by atoms with van der Waals surface area (Å²) in [6.45, 7) is 0.864. The van der Waals surface area contributed by atoms with Gasteiger partial charge in [0.15, 0.2) is 23.4 Å². The number of nitrogens with two attached hydrogens (primary N) is 1. The van der Waals surface area contributed by atoms with Crippen LogP contribution < -0.4 is 25.8 Å². The number of carboxylic acid groups (broad SMARTS) is 2. The molecule has 2 aliphatic carbocycles. The maximum atomic E-state index is 14.1. The van der Waals surface area contributed by atoms with E-state index >= 15 is 0 Å². The maximum Gasteiger partial charge on any atom is 0.415 e. The van der Waals surface area contributed by atoms with Crippen molar-refractivity contribution in [2.24, 2.45) is 23.5 Å². The number of nitrogens with one attached hydrogen (secondary N) is 2. The Morgan fingerprint density at radius 3 is 2.63 bits per heavy atom. The summed E-state index contributed by atoms with van der Waals surface area (Å²) in [5, 5.41) is 23.8. The molecule has 2 saturated heterocycles. The summed E-state index contributed by atoms with van der Waals surface area (Å²) in [4.78, 5) is 78.8. The molecule has 3 heterocycles. The molecule has 16 nitrogen and oxygen atoms in total. The SMILES string of the molecule is COc1ccc2c3c1O[C@@H]1C(OC(=O)N4CCC(C(=O)O)CC4CNC(=O)[C@H](CCCCN)CC(=O)CNC(=O)CC(=O)O)=CCC4[C@@H](C2)N(C)CC[C@@]341. The molecular formula is C38H51N5O11. The van der Waals surface area contributed by atoms with Gasteiger partial charge in [0.05, 0.1) is 25.6 Å². The van der Waals surface area contributed by atoms with Gasteiger partial charge in [-0.2, -0.15) is 0 Å². The van der Waals surface area contributed by atoms with Gasteiger partial charge in [-0.25, -0.2) is 4.79 Å². The Kier molecular flexibility index (Phi) is 11.8. The van der Waals surface area contributed by atoms with Crippen LogP contribution in [-0.4, -0.2) is 121 Å². The number of carboxylic acids is 2. The van der Waals surface area contributed by atoms with Crippen LogP contribution in [0.15, 0.2) is 24.0 Å². The normalized spacial score (nSPS) is 27.1. The molecule has 5 aliphatic rings. The molecule has 2 fully saturated rings. The van der Waals surface area contributed by atoms with Crippen LogP contribution in [0.1, 0.15) is 68.9 Å². The van der Waals surface area contributed by atoms with Crippen molar-refractivity contribution in [1.82, 2.24) is 20.4 Å². The first kappa shape index (κ1) is 39.0. The topological polar surface area (TPSA) is 227 Å². The van der Waals surface area contributed by atoms with Crippen LogP contribution in [0, 0.1) is 17.8 Å². The minimum atomic E-state index is -1.33. The highest BCUT2D eigenvalue weighted by atomic mass is 16.6. The first-order chi connectivity index (χ1) is 25.9. The molecule has 0 radical (unpaired) electrons. The average Bonchev–Trinajstić information content (AvgIpc) is 3.50. The third-order valence-electron chi connectivity index (χ3n) is 12.1. The van der Waals surface area contributed by atoms with Crippen molar-refractivity contribution < 1.29 is 53.2 Å². The lowest BCUT2D eigenvalue weighted by molar-refractivity contribution is -0.144. The van der Waals surface area contributed by atoms with E-state index in [2.05, 4.69) is 28.6 Å². The lowest BCUT2D eigenvalue weighted by atomic mass is 9.53. The molecule has 1 spiro atoms. The Morgan fingerprint density at radius 1 is 1.11 bits per heavy atom. The van der Waals surface area contributed by atoms with Crippen molar-refractivity contribution in [2.75, 3.05) is 46.9 Å². The number of aliphatic carboxylic acids is 2. The Labute approximate surface area is 313 Å². The lowest BCUT2D eigenvalue weighted by Crippen LogP contribution is -2.63. The Hall–Kier alpha value is -4.70. The van der Waals surface area contributed by atoms with Crippen LogP contribution in [0.5, 0.6) is 11.5 Å². The summed E-state index contributed by atoms with van der Waals surface area (Å²) < 4.78 is 18.7. The summed E-state index contributed by atoms with van der Waals surface area (Å²) in [5.41, 5.74) is 7.62. The number of ether oxygens (including phenoxy) is 3. The molecule has 3 aliphatic heterocycles. The van der Waals surface area contributed by atoms with E-state index in [0.29, 0.717) is 55.5 Å². The number of Topliss-reactive ketones (excluding diaryl/α,β-unsaturated/α-hetero) is 1. The maximum absolute atomic E-state index is 14.1. The monoisotopic (exact) mass is 753 g/mol. The van der Waals surface area contributed by atoms with Gasteiger partial charge >= 0.3 is 18.0 Å². The number of carbonyl (C=O) groups is 6. The number of unbranched alkanes of at least 4 members (excludes halogenated alkanes) is 1. The van der Waals surface area contributed by atoms with Crippen molar-refractivity contribution in [3.05, 3.63) is 35.1 Å². The van der Waals surface area contributed by atoms with Gasteiger partial charge in [0, 0.05) is 42.4 Å². The number of hydrogen-bond donors (Lipinski definition) is 5. The molecule has 0 saturated carbocycles. The van der Waals surface area contributed by atoms with Crippen molar-refractivity contribution in [3.63, 3.8) is 0 Å². The van der Waals surface area contributed by atoms with E-state index in [4.69, 9.17) is 25.1 Å². The number of ketones is 1. The van der Waals surface area contributed by atoms with Crippen molar-refractivity contribution in [1.29, 1.82) is 0 Å². The largest absolute Gasteiger partial charge is 0.493 e. The number of benzene rings is 1. The number of carbonyl (C=O) groups excluding carboxylic acids is 4. The molecule has 1 aromatic carbocycles. The third-order valence-corrected chi connectivity index (χ3v) is 12.1. The molecule has 54 heavy (non-hydrogen) atoms. The second-order valence-corrected chi connectivity index (χ2v) is 15.2. The first-order valence-corrected chi connectivity index (χ1v) is 18.8. The van der Waals surface area contributed by atoms with Crippen LogP contribution in [-0.2, 0) is 40.5 Å². The predicted molar refractivity (Wildman–Crippen MR) is 192 cm³/mol. The molecule has 3 unspecified atom stereocenters. The van der Waals surface area contributed by atoms with E-state index in [-0.39, 0.29) is 38.3 Å². The second kappa shape index (κ2) is 16.3. The fourth-order valence-electron chi connectivity index (χ4n) is 9.40. The van der Waals surface area contributed by atoms with Gasteiger partial charge in [0.2, 0.25) is 11.8 Å². The predicted octanol–water partition coefficient (Wildman–Crippen LogP) is 1.57. The van der Waals surface area contributed by atoms with Crippen LogP contribution in [0.4, 0.5) is 4.79 Å². The molecule has 1 aromatic rings.